The van der Waals surface area contributed by atoms with Gasteiger partial charge in [0.1, 0.15) is 0 Å². The zero-order valence-corrected chi connectivity index (χ0v) is 10.9. The summed E-state index contributed by atoms with van der Waals surface area (Å²) in [6.07, 6.45) is 3.78. The van der Waals surface area contributed by atoms with E-state index in [0.717, 1.165) is 17.2 Å². The minimum Gasteiger partial charge on any atom is -0.356 e. The molecule has 0 N–H and O–H groups in total. The molecule has 0 saturated heterocycles. The molecular weight excluding hydrogens is 244 g/mol. The predicted molar refractivity (Wildman–Crippen MR) is 61.6 cm³/mol. The van der Waals surface area contributed by atoms with Crippen LogP contribution in [0.2, 0.25) is 0 Å². The molecule has 0 aromatic carbocycles. The van der Waals surface area contributed by atoms with Gasteiger partial charge in [0.2, 0.25) is 0 Å². The summed E-state index contributed by atoms with van der Waals surface area (Å²) in [5.74, 6) is 2.15. The number of methoxy groups -OCH3 is 2. The third-order valence-electron chi connectivity index (χ3n) is 3.14. The standard InChI is InChI=1S/C11H21BrO2/c1-8-4-9(7-12)6-10(5-8)11(13-2)14-3/h8-11H,4-7H2,1-3H3/t8?,9?,10-/m1/s1. The summed E-state index contributed by atoms with van der Waals surface area (Å²) in [5, 5.41) is 1.11. The molecule has 0 spiro atoms. The van der Waals surface area contributed by atoms with E-state index in [1.807, 2.05) is 0 Å². The molecule has 2 nitrogen and oxygen atoms in total. The highest BCUT2D eigenvalue weighted by molar-refractivity contribution is 9.09. The van der Waals surface area contributed by atoms with Crippen molar-refractivity contribution >= 4 is 15.9 Å². The maximum Gasteiger partial charge on any atom is 0.159 e. The van der Waals surface area contributed by atoms with Crippen LogP contribution in [-0.4, -0.2) is 25.8 Å². The molecule has 1 fully saturated rings. The number of hydrogen-bond acceptors (Lipinski definition) is 2. The normalized spacial score (nSPS) is 33.6. The molecular formula is C11H21BrO2. The highest BCUT2D eigenvalue weighted by atomic mass is 79.9. The average Bonchev–Trinajstić information content (AvgIpc) is 2.19. The minimum absolute atomic E-state index is 0.0145. The molecule has 0 bridgehead atoms. The number of alkyl halides is 1. The fourth-order valence-corrected chi connectivity index (χ4v) is 3.16. The summed E-state index contributed by atoms with van der Waals surface area (Å²) in [6, 6.07) is 0. The van der Waals surface area contributed by atoms with Crippen molar-refractivity contribution in [3.05, 3.63) is 0 Å². The Morgan fingerprint density at radius 3 is 2.36 bits per heavy atom. The van der Waals surface area contributed by atoms with Gasteiger partial charge in [0.15, 0.2) is 6.29 Å². The number of halogens is 1. The Hall–Kier alpha value is 0.400. The lowest BCUT2D eigenvalue weighted by molar-refractivity contribution is -0.150. The van der Waals surface area contributed by atoms with Crippen LogP contribution in [0.15, 0.2) is 0 Å². The van der Waals surface area contributed by atoms with Crippen molar-refractivity contribution < 1.29 is 9.47 Å². The maximum atomic E-state index is 5.34. The first-order valence-corrected chi connectivity index (χ1v) is 6.45. The van der Waals surface area contributed by atoms with Crippen molar-refractivity contribution in [2.24, 2.45) is 17.8 Å². The molecule has 14 heavy (non-hydrogen) atoms. The molecule has 0 amide bonds. The van der Waals surface area contributed by atoms with Crippen LogP contribution < -0.4 is 0 Å². The molecule has 0 aliphatic heterocycles. The van der Waals surface area contributed by atoms with Gasteiger partial charge in [0.05, 0.1) is 0 Å². The van der Waals surface area contributed by atoms with Crippen molar-refractivity contribution in [3.63, 3.8) is 0 Å². The molecule has 0 aromatic heterocycles. The van der Waals surface area contributed by atoms with Gasteiger partial charge in [-0.05, 0) is 31.1 Å². The van der Waals surface area contributed by atoms with Crippen LogP contribution in [-0.2, 0) is 9.47 Å². The van der Waals surface area contributed by atoms with Gasteiger partial charge in [-0.15, -0.1) is 0 Å². The van der Waals surface area contributed by atoms with E-state index in [1.54, 1.807) is 14.2 Å². The highest BCUT2D eigenvalue weighted by Crippen LogP contribution is 2.36. The van der Waals surface area contributed by atoms with E-state index in [-0.39, 0.29) is 6.29 Å². The predicted octanol–water partition coefficient (Wildman–Crippen LogP) is 3.05. The Labute approximate surface area is 95.5 Å². The van der Waals surface area contributed by atoms with Gasteiger partial charge in [-0.2, -0.15) is 0 Å². The molecule has 84 valence electrons. The monoisotopic (exact) mass is 264 g/mol. The molecule has 2 unspecified atom stereocenters. The maximum absolute atomic E-state index is 5.34. The van der Waals surface area contributed by atoms with E-state index < -0.39 is 0 Å². The van der Waals surface area contributed by atoms with Crippen LogP contribution in [0.3, 0.4) is 0 Å². The Kier molecular flexibility index (Phi) is 5.42. The number of hydrogen-bond donors (Lipinski definition) is 0. The zero-order valence-electron chi connectivity index (χ0n) is 9.33. The summed E-state index contributed by atoms with van der Waals surface area (Å²) >= 11 is 3.58. The molecule has 1 rings (SSSR count). The van der Waals surface area contributed by atoms with Gasteiger partial charge in [0.25, 0.3) is 0 Å². The van der Waals surface area contributed by atoms with Gasteiger partial charge in [-0.1, -0.05) is 22.9 Å². The zero-order chi connectivity index (χ0) is 10.6. The van der Waals surface area contributed by atoms with Gasteiger partial charge in [0, 0.05) is 25.5 Å². The second-order valence-corrected chi connectivity index (χ2v) is 5.08. The van der Waals surface area contributed by atoms with Crippen LogP contribution in [0, 0.1) is 17.8 Å². The lowest BCUT2D eigenvalue weighted by Crippen LogP contribution is -2.33. The summed E-state index contributed by atoms with van der Waals surface area (Å²) in [7, 11) is 3.47. The summed E-state index contributed by atoms with van der Waals surface area (Å²) < 4.78 is 10.7. The topological polar surface area (TPSA) is 18.5 Å². The molecule has 1 aliphatic rings. The Bertz CT molecular complexity index is 159. The van der Waals surface area contributed by atoms with E-state index in [4.69, 9.17) is 9.47 Å². The van der Waals surface area contributed by atoms with Gasteiger partial charge >= 0.3 is 0 Å². The minimum atomic E-state index is -0.0145. The van der Waals surface area contributed by atoms with Crippen molar-refractivity contribution in [2.75, 3.05) is 19.5 Å². The van der Waals surface area contributed by atoms with Crippen molar-refractivity contribution in [1.82, 2.24) is 0 Å². The van der Waals surface area contributed by atoms with Crippen molar-refractivity contribution in [1.29, 1.82) is 0 Å². The smallest absolute Gasteiger partial charge is 0.159 e. The summed E-state index contributed by atoms with van der Waals surface area (Å²) in [6.45, 7) is 2.32. The Morgan fingerprint density at radius 1 is 1.21 bits per heavy atom. The van der Waals surface area contributed by atoms with E-state index >= 15 is 0 Å². The SMILES string of the molecule is COC(OC)[C@@H]1CC(C)CC(CBr)C1. The second-order valence-electron chi connectivity index (χ2n) is 4.43. The molecule has 1 aliphatic carbocycles. The van der Waals surface area contributed by atoms with Gasteiger partial charge in [-0.3, -0.25) is 0 Å². The lowest BCUT2D eigenvalue weighted by atomic mass is 9.76. The van der Waals surface area contributed by atoms with Gasteiger partial charge < -0.3 is 9.47 Å². The fourth-order valence-electron chi connectivity index (χ4n) is 2.63. The fraction of sp³-hybridized carbons (Fsp3) is 1.00. The second kappa shape index (κ2) is 6.09. The van der Waals surface area contributed by atoms with E-state index in [0.29, 0.717) is 5.92 Å². The van der Waals surface area contributed by atoms with E-state index in [9.17, 15) is 0 Å². The van der Waals surface area contributed by atoms with Crippen LogP contribution in [0.5, 0.6) is 0 Å². The lowest BCUT2D eigenvalue weighted by Gasteiger charge is -2.35. The first-order valence-electron chi connectivity index (χ1n) is 5.32. The van der Waals surface area contributed by atoms with Crippen LogP contribution >= 0.6 is 15.9 Å². The van der Waals surface area contributed by atoms with Crippen LogP contribution in [0.25, 0.3) is 0 Å². The summed E-state index contributed by atoms with van der Waals surface area (Å²) in [5.41, 5.74) is 0. The molecule has 0 heterocycles. The van der Waals surface area contributed by atoms with Crippen LogP contribution in [0.1, 0.15) is 26.2 Å². The van der Waals surface area contributed by atoms with Gasteiger partial charge in [-0.25, -0.2) is 0 Å². The largest absolute Gasteiger partial charge is 0.356 e. The van der Waals surface area contributed by atoms with E-state index in [2.05, 4.69) is 22.9 Å². The van der Waals surface area contributed by atoms with E-state index in [1.165, 1.54) is 19.3 Å². The van der Waals surface area contributed by atoms with Crippen molar-refractivity contribution in [2.45, 2.75) is 32.5 Å². The Morgan fingerprint density at radius 2 is 1.86 bits per heavy atom. The van der Waals surface area contributed by atoms with Crippen molar-refractivity contribution in [3.8, 4) is 0 Å². The molecule has 0 aromatic rings. The Balaban J connectivity index is 2.51. The highest BCUT2D eigenvalue weighted by Gasteiger charge is 2.31. The molecule has 3 atom stereocenters. The molecule has 3 heteroatoms. The number of ether oxygens (including phenoxy) is 2. The molecule has 0 radical (unpaired) electrons. The average molecular weight is 265 g/mol. The quantitative estimate of drug-likeness (QED) is 0.574. The first-order chi connectivity index (χ1) is 6.71. The van der Waals surface area contributed by atoms with Crippen LogP contribution in [0.4, 0.5) is 0 Å². The first kappa shape index (κ1) is 12.5. The third kappa shape index (κ3) is 3.21. The molecule has 1 saturated carbocycles. The number of rotatable bonds is 4. The third-order valence-corrected chi connectivity index (χ3v) is 4.06. The summed E-state index contributed by atoms with van der Waals surface area (Å²) in [4.78, 5) is 0.